The van der Waals surface area contributed by atoms with Gasteiger partial charge in [-0.05, 0) is 25.3 Å². The van der Waals surface area contributed by atoms with Crippen molar-refractivity contribution in [2.45, 2.75) is 32.0 Å². The second-order valence-corrected chi connectivity index (χ2v) is 7.15. The van der Waals surface area contributed by atoms with Crippen molar-refractivity contribution in [2.24, 2.45) is 5.92 Å². The maximum absolute atomic E-state index is 13.6. The van der Waals surface area contributed by atoms with E-state index >= 15 is 0 Å². The summed E-state index contributed by atoms with van der Waals surface area (Å²) in [7, 11) is 1.45. The number of nitrogens with one attached hydrogen (secondary N) is 1. The zero-order valence-electron chi connectivity index (χ0n) is 18.0. The first-order valence-electron chi connectivity index (χ1n) is 9.85. The summed E-state index contributed by atoms with van der Waals surface area (Å²) in [5.41, 5.74) is -0.621. The van der Waals surface area contributed by atoms with Crippen LogP contribution in [-0.4, -0.2) is 38.2 Å². The van der Waals surface area contributed by atoms with Crippen molar-refractivity contribution in [3.63, 3.8) is 0 Å². The summed E-state index contributed by atoms with van der Waals surface area (Å²) in [5.74, 6) is -2.84. The van der Waals surface area contributed by atoms with Crippen LogP contribution in [0.25, 0.3) is 0 Å². The number of carbonyl (C=O) groups is 1. The number of methoxy groups -OCH3 is 1. The fourth-order valence-corrected chi connectivity index (χ4v) is 3.08. The van der Waals surface area contributed by atoms with E-state index in [1.165, 1.54) is 20.2 Å². The molecule has 0 saturated heterocycles. The first-order chi connectivity index (χ1) is 16.1. The van der Waals surface area contributed by atoms with Crippen LogP contribution in [-0.2, 0) is 23.8 Å². The van der Waals surface area contributed by atoms with E-state index in [9.17, 15) is 28.3 Å². The second-order valence-electron chi connectivity index (χ2n) is 7.15. The molecule has 3 aromatic heterocycles. The predicted octanol–water partition coefficient (Wildman–Crippen LogP) is 2.79. The van der Waals surface area contributed by atoms with Crippen LogP contribution in [0.3, 0.4) is 0 Å². The Labute approximate surface area is 191 Å². The first kappa shape index (κ1) is 24.6. The van der Waals surface area contributed by atoms with Gasteiger partial charge in [-0.1, -0.05) is 11.2 Å². The van der Waals surface area contributed by atoms with E-state index in [0.717, 1.165) is 12.4 Å². The molecule has 34 heavy (non-hydrogen) atoms. The molecule has 13 heteroatoms. The number of aliphatic hydroxyl groups is 1. The summed E-state index contributed by atoms with van der Waals surface area (Å²) in [6, 6.07) is 4.89. The van der Waals surface area contributed by atoms with Gasteiger partial charge in [0.1, 0.15) is 11.9 Å². The molecule has 0 aliphatic rings. The molecule has 2 atom stereocenters. The van der Waals surface area contributed by atoms with E-state index in [2.05, 4.69) is 25.4 Å². The smallest absolute Gasteiger partial charge is 0.433 e. The Hall–Kier alpha value is -4.05. The molecule has 2 unspecified atom stereocenters. The van der Waals surface area contributed by atoms with Gasteiger partial charge in [0.15, 0.2) is 11.6 Å². The van der Waals surface area contributed by atoms with E-state index < -0.39 is 35.7 Å². The molecule has 0 radical (unpaired) electrons. The number of aryl methyl sites for hydroxylation is 3. The van der Waals surface area contributed by atoms with Crippen LogP contribution in [0.15, 0.2) is 35.2 Å². The Morgan fingerprint density at radius 1 is 1.26 bits per heavy atom. The van der Waals surface area contributed by atoms with Gasteiger partial charge in [-0.25, -0.2) is 15.0 Å². The van der Waals surface area contributed by atoms with Crippen LogP contribution in [0, 0.1) is 24.2 Å². The van der Waals surface area contributed by atoms with Gasteiger partial charge < -0.3 is 14.4 Å². The molecule has 0 aromatic carbocycles. The lowest BCUT2D eigenvalue weighted by atomic mass is 9.97. The molecular weight excluding hydrogens is 457 g/mol. The molecule has 178 valence electrons. The Kier molecular flexibility index (Phi) is 7.42. The van der Waals surface area contributed by atoms with Gasteiger partial charge in [-0.3, -0.25) is 10.1 Å². The lowest BCUT2D eigenvalue weighted by molar-refractivity contribution is -0.142. The van der Waals surface area contributed by atoms with E-state index in [1.807, 2.05) is 0 Å². The normalized spacial score (nSPS) is 13.1. The highest BCUT2D eigenvalue weighted by atomic mass is 19.4. The third-order valence-electron chi connectivity index (χ3n) is 4.90. The quantitative estimate of drug-likeness (QED) is 0.501. The van der Waals surface area contributed by atoms with Crippen molar-refractivity contribution in [3.8, 4) is 11.9 Å². The van der Waals surface area contributed by atoms with Crippen LogP contribution < -0.4 is 10.1 Å². The SMILES string of the molecule is COc1ccc(CCc2cnc(NC(=O)C(C#N)C(O)c3cnoc3C)nc2C(F)(F)F)cn1. The number of aliphatic hydroxyl groups excluding tert-OH is 1. The van der Waals surface area contributed by atoms with Crippen molar-refractivity contribution in [1.82, 2.24) is 20.1 Å². The largest absolute Gasteiger partial charge is 0.481 e. The predicted molar refractivity (Wildman–Crippen MR) is 109 cm³/mol. The highest BCUT2D eigenvalue weighted by Crippen LogP contribution is 2.32. The van der Waals surface area contributed by atoms with Gasteiger partial charge in [0.2, 0.25) is 17.7 Å². The molecule has 10 nitrogen and oxygen atoms in total. The highest BCUT2D eigenvalue weighted by Gasteiger charge is 2.37. The van der Waals surface area contributed by atoms with Gasteiger partial charge in [0.25, 0.3) is 0 Å². The highest BCUT2D eigenvalue weighted by molar-refractivity contribution is 5.93. The maximum Gasteiger partial charge on any atom is 0.433 e. The van der Waals surface area contributed by atoms with E-state index in [0.29, 0.717) is 11.4 Å². The van der Waals surface area contributed by atoms with Crippen molar-refractivity contribution in [1.29, 1.82) is 5.26 Å². The molecule has 3 heterocycles. The molecule has 3 aromatic rings. The summed E-state index contributed by atoms with van der Waals surface area (Å²) in [5, 5.41) is 25.2. The molecule has 0 fully saturated rings. The number of carbonyl (C=O) groups excluding carboxylic acids is 1. The van der Waals surface area contributed by atoms with Gasteiger partial charge in [-0.15, -0.1) is 0 Å². The molecule has 0 bridgehead atoms. The minimum Gasteiger partial charge on any atom is -0.481 e. The minimum atomic E-state index is -4.82. The Balaban J connectivity index is 1.77. The summed E-state index contributed by atoms with van der Waals surface area (Å²) in [6.45, 7) is 1.47. The Morgan fingerprint density at radius 2 is 2.03 bits per heavy atom. The lowest BCUT2D eigenvalue weighted by Crippen LogP contribution is -2.28. The maximum atomic E-state index is 13.6. The van der Waals surface area contributed by atoms with Crippen molar-refractivity contribution < 1.29 is 32.3 Å². The molecule has 0 spiro atoms. The minimum absolute atomic E-state index is 0.0383. The Morgan fingerprint density at radius 3 is 2.59 bits per heavy atom. The number of rotatable bonds is 8. The average Bonchev–Trinajstić information content (AvgIpc) is 3.24. The van der Waals surface area contributed by atoms with E-state index in [1.54, 1.807) is 18.2 Å². The number of anilines is 1. The second kappa shape index (κ2) is 10.3. The summed E-state index contributed by atoms with van der Waals surface area (Å²) < 4.78 is 50.6. The van der Waals surface area contributed by atoms with Gasteiger partial charge in [-0.2, -0.15) is 18.4 Å². The van der Waals surface area contributed by atoms with Crippen LogP contribution in [0.4, 0.5) is 19.1 Å². The van der Waals surface area contributed by atoms with Crippen LogP contribution >= 0.6 is 0 Å². The summed E-state index contributed by atoms with van der Waals surface area (Å²) in [6.07, 6.45) is -2.64. The number of nitriles is 1. The number of alkyl halides is 3. The van der Waals surface area contributed by atoms with E-state index in [4.69, 9.17) is 9.26 Å². The van der Waals surface area contributed by atoms with Crippen LogP contribution in [0.2, 0.25) is 0 Å². The van der Waals surface area contributed by atoms with Gasteiger partial charge in [0, 0.05) is 29.6 Å². The molecular formula is C21H19F3N6O4. The topological polar surface area (TPSA) is 147 Å². The zero-order chi connectivity index (χ0) is 24.9. The number of hydrogen-bond donors (Lipinski definition) is 2. The van der Waals surface area contributed by atoms with Crippen molar-refractivity contribution in [3.05, 3.63) is 58.9 Å². The molecule has 0 aliphatic heterocycles. The standard InChI is InChI=1S/C21H19F3N6O4/c1-11-15(10-28-34-11)17(31)14(7-25)19(32)30-20-27-9-13(18(29-20)21(22,23)24)5-3-12-4-6-16(33-2)26-8-12/h4,6,8-10,14,17,31H,3,5H2,1-2H3,(H,27,29,30,32). The number of pyridine rings is 1. The van der Waals surface area contributed by atoms with Crippen molar-refractivity contribution >= 4 is 11.9 Å². The summed E-state index contributed by atoms with van der Waals surface area (Å²) >= 11 is 0. The fourth-order valence-electron chi connectivity index (χ4n) is 3.08. The zero-order valence-corrected chi connectivity index (χ0v) is 18.0. The number of ether oxygens (including phenoxy) is 1. The molecule has 3 rings (SSSR count). The molecule has 2 N–H and O–H groups in total. The third kappa shape index (κ3) is 5.65. The van der Waals surface area contributed by atoms with Crippen LogP contribution in [0.1, 0.15) is 34.2 Å². The van der Waals surface area contributed by atoms with E-state index in [-0.39, 0.29) is 29.7 Å². The molecule has 0 aliphatic carbocycles. The van der Waals surface area contributed by atoms with Gasteiger partial charge in [0.05, 0.1) is 19.4 Å². The number of aromatic nitrogens is 4. The molecule has 1 amide bonds. The van der Waals surface area contributed by atoms with Gasteiger partial charge >= 0.3 is 6.18 Å². The number of halogens is 3. The van der Waals surface area contributed by atoms with Crippen molar-refractivity contribution in [2.75, 3.05) is 12.4 Å². The fraction of sp³-hybridized carbons (Fsp3) is 0.333. The third-order valence-corrected chi connectivity index (χ3v) is 4.90. The first-order valence-corrected chi connectivity index (χ1v) is 9.85. The number of hydrogen-bond acceptors (Lipinski definition) is 9. The monoisotopic (exact) mass is 476 g/mol. The number of amides is 1. The summed E-state index contributed by atoms with van der Waals surface area (Å²) in [4.78, 5) is 23.7. The molecule has 0 saturated carbocycles. The average molecular weight is 476 g/mol. The lowest BCUT2D eigenvalue weighted by Gasteiger charge is -2.16. The Bertz CT molecular complexity index is 1190. The van der Waals surface area contributed by atoms with Crippen LogP contribution in [0.5, 0.6) is 5.88 Å². The number of nitrogens with zero attached hydrogens (tertiary/aromatic N) is 5.